The van der Waals surface area contributed by atoms with E-state index in [1.54, 1.807) is 0 Å². The number of benzene rings is 5. The van der Waals surface area contributed by atoms with Crippen LogP contribution in [-0.4, -0.2) is 0 Å². The van der Waals surface area contributed by atoms with Crippen molar-refractivity contribution in [3.63, 3.8) is 0 Å². The van der Waals surface area contributed by atoms with Gasteiger partial charge in [0.05, 0.1) is 0 Å². The summed E-state index contributed by atoms with van der Waals surface area (Å²) in [4.78, 5) is 0. The van der Waals surface area contributed by atoms with Gasteiger partial charge in [0.2, 0.25) is 0 Å². The summed E-state index contributed by atoms with van der Waals surface area (Å²) in [5, 5.41) is 10.6. The Balaban J connectivity index is 2.00. The second kappa shape index (κ2) is 4.57. The minimum Gasteiger partial charge on any atom is -0.0616 e. The molecule has 23 heavy (non-hydrogen) atoms. The van der Waals surface area contributed by atoms with Gasteiger partial charge >= 0.3 is 0 Å². The van der Waals surface area contributed by atoms with Crippen LogP contribution in [0.5, 0.6) is 0 Å². The van der Waals surface area contributed by atoms with Gasteiger partial charge in [0.25, 0.3) is 0 Å². The largest absolute Gasteiger partial charge is 0.0616 e. The van der Waals surface area contributed by atoms with Crippen LogP contribution in [0.15, 0.2) is 78.9 Å². The van der Waals surface area contributed by atoms with E-state index < -0.39 is 0 Å². The van der Waals surface area contributed by atoms with Crippen LogP contribution < -0.4 is 0 Å². The highest BCUT2D eigenvalue weighted by molar-refractivity contribution is 6.22. The number of aryl methyl sites for hydroxylation is 1. The van der Waals surface area contributed by atoms with Gasteiger partial charge in [-0.1, -0.05) is 84.4 Å². The van der Waals surface area contributed by atoms with Crippen molar-refractivity contribution in [1.29, 1.82) is 0 Å². The molecule has 0 aromatic heterocycles. The molecule has 0 amide bonds. The summed E-state index contributed by atoms with van der Waals surface area (Å²) in [7, 11) is 0. The first-order valence-corrected chi connectivity index (χ1v) is 8.05. The van der Waals surface area contributed by atoms with Gasteiger partial charge in [-0.25, -0.2) is 0 Å². The number of hydrogen-bond donors (Lipinski definition) is 0. The van der Waals surface area contributed by atoms with Crippen molar-refractivity contribution < 1.29 is 0 Å². The molecule has 0 heterocycles. The molecule has 0 fully saturated rings. The van der Waals surface area contributed by atoms with E-state index in [4.69, 9.17) is 0 Å². The summed E-state index contributed by atoms with van der Waals surface area (Å²) in [6.07, 6.45) is 0. The maximum atomic E-state index is 2.28. The lowest BCUT2D eigenvalue weighted by molar-refractivity contribution is 1.51. The van der Waals surface area contributed by atoms with Crippen LogP contribution in [0.3, 0.4) is 0 Å². The zero-order valence-corrected chi connectivity index (χ0v) is 13.0. The molecule has 5 aromatic carbocycles. The molecule has 0 aliphatic carbocycles. The van der Waals surface area contributed by atoms with Crippen molar-refractivity contribution in [1.82, 2.24) is 0 Å². The number of hydrogen-bond acceptors (Lipinski definition) is 0. The molecule has 0 aliphatic heterocycles. The topological polar surface area (TPSA) is 0 Å². The summed E-state index contributed by atoms with van der Waals surface area (Å²) in [5.74, 6) is 0. The summed E-state index contributed by atoms with van der Waals surface area (Å²) in [5.41, 5.74) is 1.31. The second-order valence-corrected chi connectivity index (χ2v) is 6.33. The average Bonchev–Trinajstić information content (AvgIpc) is 2.60. The number of fused-ring (bicyclic) bond motifs is 7. The van der Waals surface area contributed by atoms with Crippen molar-refractivity contribution in [3.8, 4) is 0 Å². The Labute approximate surface area is 135 Å². The molecule has 0 radical (unpaired) electrons. The number of rotatable bonds is 0. The molecule has 0 aliphatic rings. The Bertz CT molecular complexity index is 1210. The third kappa shape index (κ3) is 1.78. The van der Waals surface area contributed by atoms with Crippen LogP contribution >= 0.6 is 0 Å². The highest BCUT2D eigenvalue weighted by atomic mass is 14.1. The molecule has 0 N–H and O–H groups in total. The molecule has 0 unspecified atom stereocenters. The van der Waals surface area contributed by atoms with Crippen molar-refractivity contribution in [2.45, 2.75) is 6.92 Å². The van der Waals surface area contributed by atoms with Crippen LogP contribution in [0.4, 0.5) is 0 Å². The first kappa shape index (κ1) is 12.7. The maximum Gasteiger partial charge on any atom is -0.00987 e. The minimum atomic E-state index is 1.30. The quantitative estimate of drug-likeness (QED) is 0.282. The molecule has 108 valence electrons. The standard InChI is InChI=1S/C23H16/c1-15-6-9-19-17(14-15)8-11-23-21(19)13-12-20-18-5-3-2-4-16(18)7-10-22(20)23/h2-14H,1H3. The maximum absolute atomic E-state index is 2.28. The highest BCUT2D eigenvalue weighted by Gasteiger charge is 2.07. The summed E-state index contributed by atoms with van der Waals surface area (Å²) >= 11 is 0. The van der Waals surface area contributed by atoms with Gasteiger partial charge in [-0.2, -0.15) is 0 Å². The fourth-order valence-corrected chi connectivity index (χ4v) is 3.76. The van der Waals surface area contributed by atoms with Crippen molar-refractivity contribution in [2.75, 3.05) is 0 Å². The van der Waals surface area contributed by atoms with Crippen LogP contribution in [-0.2, 0) is 0 Å². The molecule has 0 heteroatoms. The Morgan fingerprint density at radius 1 is 0.435 bits per heavy atom. The molecule has 5 rings (SSSR count). The SMILES string of the molecule is Cc1ccc2c(ccc3c2ccc2c4ccccc4ccc23)c1. The third-order valence-corrected chi connectivity index (χ3v) is 4.89. The van der Waals surface area contributed by atoms with Gasteiger partial charge in [-0.3, -0.25) is 0 Å². The van der Waals surface area contributed by atoms with Gasteiger partial charge in [0.1, 0.15) is 0 Å². The average molecular weight is 292 g/mol. The Kier molecular flexibility index (Phi) is 2.51. The Morgan fingerprint density at radius 3 is 1.74 bits per heavy atom. The summed E-state index contributed by atoms with van der Waals surface area (Å²) < 4.78 is 0. The van der Waals surface area contributed by atoms with Gasteiger partial charge < -0.3 is 0 Å². The van der Waals surface area contributed by atoms with E-state index in [9.17, 15) is 0 Å². The molecular formula is C23H16. The predicted molar refractivity (Wildman–Crippen MR) is 101 cm³/mol. The van der Waals surface area contributed by atoms with E-state index >= 15 is 0 Å². The molecule has 0 atom stereocenters. The van der Waals surface area contributed by atoms with Gasteiger partial charge in [0.15, 0.2) is 0 Å². The fraction of sp³-hybridized carbons (Fsp3) is 0.0435. The van der Waals surface area contributed by atoms with Crippen LogP contribution in [0.2, 0.25) is 0 Å². The first-order valence-electron chi connectivity index (χ1n) is 8.05. The van der Waals surface area contributed by atoms with Gasteiger partial charge in [-0.15, -0.1) is 0 Å². The normalized spacial score (nSPS) is 11.7. The van der Waals surface area contributed by atoms with Crippen LogP contribution in [0.1, 0.15) is 5.56 Å². The molecular weight excluding hydrogens is 276 g/mol. The Morgan fingerprint density at radius 2 is 0.957 bits per heavy atom. The monoisotopic (exact) mass is 292 g/mol. The Hall–Kier alpha value is -2.86. The van der Waals surface area contributed by atoms with Crippen molar-refractivity contribution >= 4 is 43.1 Å². The smallest absolute Gasteiger partial charge is 0.00987 e. The molecule has 0 bridgehead atoms. The first-order chi connectivity index (χ1) is 11.3. The molecule has 0 saturated carbocycles. The predicted octanol–water partition coefficient (Wildman–Crippen LogP) is 6.61. The van der Waals surface area contributed by atoms with Crippen LogP contribution in [0.25, 0.3) is 43.1 Å². The van der Waals surface area contributed by atoms with E-state index in [2.05, 4.69) is 85.8 Å². The van der Waals surface area contributed by atoms with E-state index in [-0.39, 0.29) is 0 Å². The molecule has 0 spiro atoms. The lowest BCUT2D eigenvalue weighted by atomic mass is 9.94. The lowest BCUT2D eigenvalue weighted by Crippen LogP contribution is -1.83. The molecule has 5 aromatic rings. The lowest BCUT2D eigenvalue weighted by Gasteiger charge is -2.10. The van der Waals surface area contributed by atoms with Crippen LogP contribution in [0, 0.1) is 6.92 Å². The highest BCUT2D eigenvalue weighted by Crippen LogP contribution is 2.34. The molecule has 0 nitrogen and oxygen atoms in total. The van der Waals surface area contributed by atoms with Gasteiger partial charge in [-0.05, 0) is 50.0 Å². The fourth-order valence-electron chi connectivity index (χ4n) is 3.76. The summed E-state index contributed by atoms with van der Waals surface area (Å²) in [6, 6.07) is 28.9. The van der Waals surface area contributed by atoms with E-state index in [1.165, 1.54) is 48.7 Å². The summed E-state index contributed by atoms with van der Waals surface area (Å²) in [6.45, 7) is 2.15. The zero-order valence-electron chi connectivity index (χ0n) is 13.0. The third-order valence-electron chi connectivity index (χ3n) is 4.89. The van der Waals surface area contributed by atoms with Crippen molar-refractivity contribution in [2.24, 2.45) is 0 Å². The zero-order chi connectivity index (χ0) is 15.4. The van der Waals surface area contributed by atoms with Crippen molar-refractivity contribution in [3.05, 3.63) is 84.4 Å². The van der Waals surface area contributed by atoms with E-state index in [0.29, 0.717) is 0 Å². The molecule has 0 saturated heterocycles. The second-order valence-electron chi connectivity index (χ2n) is 6.33. The van der Waals surface area contributed by atoms with E-state index in [1.807, 2.05) is 0 Å². The van der Waals surface area contributed by atoms with Gasteiger partial charge in [0, 0.05) is 0 Å². The minimum absolute atomic E-state index is 1.30. The van der Waals surface area contributed by atoms with E-state index in [0.717, 1.165) is 0 Å².